The predicted molar refractivity (Wildman–Crippen MR) is 159 cm³/mol. The van der Waals surface area contributed by atoms with Crippen LogP contribution >= 0.6 is 0 Å². The van der Waals surface area contributed by atoms with Crippen LogP contribution in [0.3, 0.4) is 0 Å². The molecule has 0 unspecified atom stereocenters. The van der Waals surface area contributed by atoms with E-state index in [1.807, 2.05) is 18.2 Å². The van der Waals surface area contributed by atoms with Gasteiger partial charge in [0.15, 0.2) is 0 Å². The van der Waals surface area contributed by atoms with E-state index in [4.69, 9.17) is 4.74 Å². The van der Waals surface area contributed by atoms with E-state index < -0.39 is 11.0 Å². The van der Waals surface area contributed by atoms with Crippen LogP contribution in [0.25, 0.3) is 0 Å². The zero-order chi connectivity index (χ0) is 28.8. The highest BCUT2D eigenvalue weighted by atomic mass is 16.6. The van der Waals surface area contributed by atoms with Crippen molar-refractivity contribution in [3.05, 3.63) is 65.7 Å². The second-order valence-corrected chi connectivity index (χ2v) is 12.6. The molecule has 3 atom stereocenters. The molecule has 6 nitrogen and oxygen atoms in total. The number of hydrogen-bond acceptors (Lipinski definition) is 5. The number of nitrogens with zero attached hydrogens (tertiary/aromatic N) is 2. The number of unbranched alkanes of at least 4 members (excludes halogenated alkanes) is 2. The molecule has 1 aliphatic carbocycles. The van der Waals surface area contributed by atoms with Crippen molar-refractivity contribution in [2.24, 2.45) is 5.92 Å². The van der Waals surface area contributed by atoms with Crippen molar-refractivity contribution in [3.8, 4) is 5.75 Å². The van der Waals surface area contributed by atoms with E-state index in [-0.39, 0.29) is 23.7 Å². The van der Waals surface area contributed by atoms with Crippen molar-refractivity contribution in [1.82, 2.24) is 9.80 Å². The molecule has 1 aliphatic heterocycles. The van der Waals surface area contributed by atoms with Crippen LogP contribution in [-0.4, -0.2) is 65.1 Å². The van der Waals surface area contributed by atoms with E-state index >= 15 is 0 Å². The molecule has 0 aromatic heterocycles. The number of likely N-dealkylation sites (tertiary alicyclic amines) is 1. The summed E-state index contributed by atoms with van der Waals surface area (Å²) in [5.41, 5.74) is 1.19. The molecule has 2 aromatic rings. The molecule has 40 heavy (non-hydrogen) atoms. The second kappa shape index (κ2) is 13.2. The number of likely N-dealkylation sites (N-methyl/N-ethyl adjacent to an activating group) is 1. The van der Waals surface area contributed by atoms with Gasteiger partial charge in [0.2, 0.25) is 5.91 Å². The zero-order valence-electron chi connectivity index (χ0n) is 24.9. The number of ether oxygens (including phenoxy) is 1. The number of carbonyl (C=O) groups excluding carboxylic acids is 2. The lowest BCUT2D eigenvalue weighted by molar-refractivity contribution is -0.189. The molecule has 1 saturated carbocycles. The summed E-state index contributed by atoms with van der Waals surface area (Å²) in [5, 5.41) is 10.5. The third-order valence-electron chi connectivity index (χ3n) is 9.04. The van der Waals surface area contributed by atoms with E-state index in [0.717, 1.165) is 63.6 Å². The van der Waals surface area contributed by atoms with Gasteiger partial charge in [0.1, 0.15) is 11.4 Å². The Morgan fingerprint density at radius 3 is 2.55 bits per heavy atom. The average molecular weight is 549 g/mol. The number of fused-ring (bicyclic) bond motifs is 1. The van der Waals surface area contributed by atoms with Crippen LogP contribution in [0.15, 0.2) is 54.6 Å². The van der Waals surface area contributed by atoms with Gasteiger partial charge in [-0.25, -0.2) is 0 Å². The molecule has 2 aromatic carbocycles. The molecule has 2 fully saturated rings. The normalized spacial score (nSPS) is 24.9. The number of benzene rings is 2. The molecule has 1 N–H and O–H groups in total. The Bertz CT molecular complexity index is 1140. The first kappa shape index (κ1) is 30.1. The maximum Gasteiger partial charge on any atom is 0.303 e. The highest BCUT2D eigenvalue weighted by Crippen LogP contribution is 2.54. The fourth-order valence-electron chi connectivity index (χ4n) is 7.26. The Kier molecular flexibility index (Phi) is 9.94. The topological polar surface area (TPSA) is 70.1 Å². The summed E-state index contributed by atoms with van der Waals surface area (Å²) in [6.07, 6.45) is 7.66. The first-order valence-corrected chi connectivity index (χ1v) is 15.2. The summed E-state index contributed by atoms with van der Waals surface area (Å²) < 4.78 is 6.28. The van der Waals surface area contributed by atoms with E-state index in [0.29, 0.717) is 25.3 Å². The van der Waals surface area contributed by atoms with Crippen molar-refractivity contribution >= 4 is 11.9 Å². The van der Waals surface area contributed by atoms with Crippen LogP contribution < -0.4 is 0 Å². The number of rotatable bonds is 11. The Morgan fingerprint density at radius 1 is 1.07 bits per heavy atom. The second-order valence-electron chi connectivity index (χ2n) is 12.6. The van der Waals surface area contributed by atoms with Crippen molar-refractivity contribution in [2.45, 2.75) is 95.6 Å². The Labute approximate surface area is 240 Å². The molecule has 6 heteroatoms. The van der Waals surface area contributed by atoms with Crippen LogP contribution in [-0.2, 0) is 26.2 Å². The van der Waals surface area contributed by atoms with Gasteiger partial charge < -0.3 is 19.6 Å². The van der Waals surface area contributed by atoms with Gasteiger partial charge in [-0.2, -0.15) is 0 Å². The smallest absolute Gasteiger partial charge is 0.303 e. The quantitative estimate of drug-likeness (QED) is 0.271. The number of piperidine rings is 1. The van der Waals surface area contributed by atoms with Gasteiger partial charge >= 0.3 is 5.97 Å². The molecule has 1 heterocycles. The Balaban J connectivity index is 1.54. The van der Waals surface area contributed by atoms with Crippen LogP contribution in [0.1, 0.15) is 83.3 Å². The van der Waals surface area contributed by atoms with Crippen LogP contribution in [0.2, 0.25) is 0 Å². The fourth-order valence-corrected chi connectivity index (χ4v) is 7.26. The van der Waals surface area contributed by atoms with E-state index in [1.165, 1.54) is 12.5 Å². The van der Waals surface area contributed by atoms with Crippen LogP contribution in [0.4, 0.5) is 0 Å². The maximum atomic E-state index is 13.8. The lowest BCUT2D eigenvalue weighted by atomic mass is 9.55. The monoisotopic (exact) mass is 548 g/mol. The fraction of sp³-hybridized carbons (Fsp3) is 0.588. The van der Waals surface area contributed by atoms with Crippen LogP contribution in [0, 0.1) is 5.92 Å². The van der Waals surface area contributed by atoms with Gasteiger partial charge in [0.25, 0.3) is 0 Å². The molecular formula is C34H48N2O4. The number of phenolic OH excluding ortho intramolecular Hbond substituents is 1. The highest BCUT2D eigenvalue weighted by Gasteiger charge is 2.61. The average Bonchev–Trinajstić information content (AvgIpc) is 2.91. The molecule has 4 rings (SSSR count). The Hall–Kier alpha value is -2.86. The molecule has 0 spiro atoms. The maximum absolute atomic E-state index is 13.8. The number of amides is 1. The minimum absolute atomic E-state index is 0.0636. The molecule has 218 valence electrons. The van der Waals surface area contributed by atoms with E-state index in [2.05, 4.69) is 61.0 Å². The van der Waals surface area contributed by atoms with Gasteiger partial charge in [0.05, 0.1) is 0 Å². The van der Waals surface area contributed by atoms with Gasteiger partial charge in [0, 0.05) is 37.9 Å². The number of aryl methyl sites for hydroxylation is 1. The lowest BCUT2D eigenvalue weighted by Crippen LogP contribution is -2.68. The molecule has 1 amide bonds. The SMILES string of the molecule is CC(=O)O[C@]12CC[C@@H](N(CC(C)C)C(=O)CCCCCc3ccccc3)C[C@]1(c1cccc(O)c1)CCN(C)C2. The summed E-state index contributed by atoms with van der Waals surface area (Å²) in [4.78, 5) is 30.6. The van der Waals surface area contributed by atoms with E-state index in [9.17, 15) is 14.7 Å². The molecule has 2 aliphatic rings. The lowest BCUT2D eigenvalue weighted by Gasteiger charge is -2.60. The number of aromatic hydroxyl groups is 1. The standard InChI is InChI=1S/C34H48N2O4/c1-26(2)24-36(32(39)17-10-6-9-14-28-12-7-5-8-13-28)30-18-19-34(40-27(3)37)25-35(4)21-20-33(34,23-30)29-15-11-16-31(38)22-29/h5,7-8,11-13,15-16,22,26,30,38H,6,9-10,14,17-21,23-25H2,1-4H3/t30-,33+,34+/m1/s1. The van der Waals surface area contributed by atoms with Crippen molar-refractivity contribution in [2.75, 3.05) is 26.7 Å². The largest absolute Gasteiger partial charge is 0.508 e. The summed E-state index contributed by atoms with van der Waals surface area (Å²) in [6.45, 7) is 8.08. The van der Waals surface area contributed by atoms with E-state index in [1.54, 1.807) is 6.07 Å². The Morgan fingerprint density at radius 2 is 1.85 bits per heavy atom. The molecule has 0 bridgehead atoms. The first-order chi connectivity index (χ1) is 19.1. The van der Waals surface area contributed by atoms with Gasteiger partial charge in [-0.1, -0.05) is 62.7 Å². The van der Waals surface area contributed by atoms with Crippen molar-refractivity contribution in [1.29, 1.82) is 0 Å². The summed E-state index contributed by atoms with van der Waals surface area (Å²) in [7, 11) is 2.08. The number of phenols is 1. The molecule has 1 saturated heterocycles. The molecular weight excluding hydrogens is 500 g/mol. The van der Waals surface area contributed by atoms with Crippen molar-refractivity contribution < 1.29 is 19.4 Å². The zero-order valence-corrected chi connectivity index (χ0v) is 24.9. The van der Waals surface area contributed by atoms with Gasteiger partial charge in [-0.3, -0.25) is 9.59 Å². The van der Waals surface area contributed by atoms with Crippen LogP contribution in [0.5, 0.6) is 5.75 Å². The highest BCUT2D eigenvalue weighted by molar-refractivity contribution is 5.76. The third kappa shape index (κ3) is 6.88. The minimum Gasteiger partial charge on any atom is -0.508 e. The number of esters is 1. The molecule has 0 radical (unpaired) electrons. The third-order valence-corrected chi connectivity index (χ3v) is 9.04. The summed E-state index contributed by atoms with van der Waals surface area (Å²) in [5.74, 6) is 0.535. The minimum atomic E-state index is -0.694. The first-order valence-electron chi connectivity index (χ1n) is 15.2. The van der Waals surface area contributed by atoms with Crippen molar-refractivity contribution in [3.63, 3.8) is 0 Å². The number of carbonyl (C=O) groups is 2. The number of hydrogen-bond donors (Lipinski definition) is 1. The summed E-state index contributed by atoms with van der Waals surface area (Å²) in [6, 6.07) is 18.1. The summed E-state index contributed by atoms with van der Waals surface area (Å²) >= 11 is 0. The predicted octanol–water partition coefficient (Wildman–Crippen LogP) is 6.11. The van der Waals surface area contributed by atoms with Gasteiger partial charge in [-0.05, 0) is 87.7 Å². The van der Waals surface area contributed by atoms with Gasteiger partial charge in [-0.15, -0.1) is 0 Å².